The molecule has 2 amide bonds. The zero-order valence-corrected chi connectivity index (χ0v) is 20.1. The Hall–Kier alpha value is -3.22. The van der Waals surface area contributed by atoms with E-state index in [4.69, 9.17) is 4.74 Å². The van der Waals surface area contributed by atoms with Gasteiger partial charge in [-0.15, -0.1) is 0 Å². The van der Waals surface area contributed by atoms with Gasteiger partial charge in [-0.25, -0.2) is 9.18 Å². The summed E-state index contributed by atoms with van der Waals surface area (Å²) in [5, 5.41) is 5.70. The number of carbonyl (C=O) groups is 2. The standard InChI is InChI=1S/C28H32FN3O3/c1-16-26-24(11-8-21-7-6-18(15-31-21)17-4-3-5-20(29)12-17)23-10-9-22(32-28(34)30-2)13-19(23)14-25(26)27(33)35-16/h3-8,11-12,15-16,19,22-26H,9-10,13-14H2,1-2H3,(H2,30,32,34)/b11-8+/t16-,19+,22-,23-,24?,25-,26+/m1/s1. The summed E-state index contributed by atoms with van der Waals surface area (Å²) in [5.74, 6) is 0.736. The van der Waals surface area contributed by atoms with Crippen LogP contribution in [0, 0.1) is 35.4 Å². The predicted octanol–water partition coefficient (Wildman–Crippen LogP) is 4.81. The van der Waals surface area contributed by atoms with Crippen LogP contribution in [0.15, 0.2) is 48.7 Å². The molecule has 35 heavy (non-hydrogen) atoms. The highest BCUT2D eigenvalue weighted by Gasteiger charge is 2.54. The molecule has 5 rings (SSSR count). The number of nitrogens with one attached hydrogen (secondary N) is 2. The molecule has 1 aliphatic heterocycles. The molecule has 3 aliphatic rings. The van der Waals surface area contributed by atoms with Gasteiger partial charge in [0.1, 0.15) is 11.9 Å². The molecule has 0 spiro atoms. The zero-order valence-electron chi connectivity index (χ0n) is 20.1. The van der Waals surface area contributed by atoms with E-state index in [9.17, 15) is 14.0 Å². The maximum Gasteiger partial charge on any atom is 0.314 e. The normalized spacial score (nSPS) is 32.0. The Bertz CT molecular complexity index is 1120. The van der Waals surface area contributed by atoms with E-state index in [0.29, 0.717) is 11.8 Å². The Morgan fingerprint density at radius 1 is 1.17 bits per heavy atom. The van der Waals surface area contributed by atoms with E-state index in [1.165, 1.54) is 12.1 Å². The minimum Gasteiger partial charge on any atom is -0.462 e. The molecule has 1 unspecified atom stereocenters. The molecule has 7 atom stereocenters. The summed E-state index contributed by atoms with van der Waals surface area (Å²) in [5.41, 5.74) is 2.49. The third-order valence-electron chi connectivity index (χ3n) is 8.14. The lowest BCUT2D eigenvalue weighted by Gasteiger charge is -2.47. The van der Waals surface area contributed by atoms with Crippen LogP contribution in [0.5, 0.6) is 0 Å². The van der Waals surface area contributed by atoms with E-state index < -0.39 is 0 Å². The van der Waals surface area contributed by atoms with Gasteiger partial charge in [0.2, 0.25) is 0 Å². The van der Waals surface area contributed by atoms with Crippen LogP contribution >= 0.6 is 0 Å². The molecule has 0 bridgehead atoms. The van der Waals surface area contributed by atoms with Gasteiger partial charge in [-0.05, 0) is 80.2 Å². The van der Waals surface area contributed by atoms with Gasteiger partial charge in [-0.1, -0.05) is 24.3 Å². The van der Waals surface area contributed by atoms with Crippen LogP contribution in [0.3, 0.4) is 0 Å². The second kappa shape index (κ2) is 9.80. The van der Waals surface area contributed by atoms with Gasteiger partial charge >= 0.3 is 12.0 Å². The number of hydrogen-bond acceptors (Lipinski definition) is 4. The first-order valence-electron chi connectivity index (χ1n) is 12.5. The van der Waals surface area contributed by atoms with Crippen LogP contribution in [0.2, 0.25) is 0 Å². The van der Waals surface area contributed by atoms with Gasteiger partial charge in [0, 0.05) is 30.8 Å². The van der Waals surface area contributed by atoms with Crippen molar-refractivity contribution in [3.63, 3.8) is 0 Å². The van der Waals surface area contributed by atoms with Crippen molar-refractivity contribution in [3.05, 3.63) is 60.2 Å². The number of rotatable bonds is 4. The topological polar surface area (TPSA) is 80.3 Å². The van der Waals surface area contributed by atoms with Crippen LogP contribution in [-0.4, -0.2) is 36.2 Å². The first kappa shape index (κ1) is 23.5. The number of halogens is 1. The van der Waals surface area contributed by atoms with Gasteiger partial charge in [0.25, 0.3) is 0 Å². The number of allylic oxidation sites excluding steroid dienone is 1. The smallest absolute Gasteiger partial charge is 0.314 e. The fourth-order valence-corrected chi connectivity index (χ4v) is 6.56. The van der Waals surface area contributed by atoms with Gasteiger partial charge in [-0.2, -0.15) is 0 Å². The molecule has 2 heterocycles. The fourth-order valence-electron chi connectivity index (χ4n) is 6.56. The summed E-state index contributed by atoms with van der Waals surface area (Å²) in [6.45, 7) is 2.01. The molecule has 184 valence electrons. The number of benzene rings is 1. The highest BCUT2D eigenvalue weighted by Crippen LogP contribution is 2.53. The Balaban J connectivity index is 1.36. The van der Waals surface area contributed by atoms with Crippen molar-refractivity contribution in [2.75, 3.05) is 7.05 Å². The average molecular weight is 478 g/mol. The maximum atomic E-state index is 13.6. The lowest BCUT2D eigenvalue weighted by atomic mass is 9.57. The van der Waals surface area contributed by atoms with Crippen molar-refractivity contribution in [2.24, 2.45) is 29.6 Å². The number of nitrogens with zero attached hydrogens (tertiary/aromatic N) is 1. The number of cyclic esters (lactones) is 1. The third-order valence-corrected chi connectivity index (χ3v) is 8.14. The molecule has 0 radical (unpaired) electrons. The Morgan fingerprint density at radius 2 is 2.03 bits per heavy atom. The number of urea groups is 1. The largest absolute Gasteiger partial charge is 0.462 e. The average Bonchev–Trinajstić information content (AvgIpc) is 3.14. The number of aromatic nitrogens is 1. The minimum atomic E-state index is -0.268. The minimum absolute atomic E-state index is 0.0849. The first-order chi connectivity index (χ1) is 16.9. The molecule has 2 aromatic rings. The van der Waals surface area contributed by atoms with E-state index in [1.807, 2.05) is 31.2 Å². The first-order valence-corrected chi connectivity index (χ1v) is 12.5. The van der Waals surface area contributed by atoms with E-state index in [2.05, 4.69) is 21.7 Å². The summed E-state index contributed by atoms with van der Waals surface area (Å²) < 4.78 is 19.3. The molecule has 2 N–H and O–H groups in total. The molecule has 2 aliphatic carbocycles. The number of pyridine rings is 1. The number of ether oxygens (including phenoxy) is 1. The lowest BCUT2D eigenvalue weighted by Crippen LogP contribution is -2.49. The second-order valence-corrected chi connectivity index (χ2v) is 10.1. The van der Waals surface area contributed by atoms with Crippen LogP contribution in [-0.2, 0) is 9.53 Å². The van der Waals surface area contributed by atoms with Crippen LogP contribution in [0.1, 0.15) is 38.3 Å². The molecular weight excluding hydrogens is 445 g/mol. The SMILES string of the molecule is CNC(=O)N[C@@H]1CC[C@H]2C(/C=C/c3ccc(-c4cccc(F)c4)cn3)[C@@H]3[C@@H](C)OC(=O)[C@@H]3C[C@@H]2C1. The van der Waals surface area contributed by atoms with Gasteiger partial charge in [0.05, 0.1) is 11.6 Å². The predicted molar refractivity (Wildman–Crippen MR) is 132 cm³/mol. The van der Waals surface area contributed by atoms with Crippen molar-refractivity contribution in [2.45, 2.75) is 44.8 Å². The molecule has 6 nitrogen and oxygen atoms in total. The Morgan fingerprint density at radius 3 is 2.77 bits per heavy atom. The number of amides is 2. The quantitative estimate of drug-likeness (QED) is 0.619. The van der Waals surface area contributed by atoms with Crippen LogP contribution < -0.4 is 10.6 Å². The highest BCUT2D eigenvalue weighted by molar-refractivity contribution is 5.76. The highest BCUT2D eigenvalue weighted by atomic mass is 19.1. The van der Waals surface area contributed by atoms with Gasteiger partial charge in [0.15, 0.2) is 0 Å². The molecule has 2 saturated carbocycles. The van der Waals surface area contributed by atoms with Crippen LogP contribution in [0.4, 0.5) is 9.18 Å². The van der Waals surface area contributed by atoms with E-state index >= 15 is 0 Å². The molecule has 3 fully saturated rings. The van der Waals surface area contributed by atoms with E-state index in [1.54, 1.807) is 19.3 Å². The molecular formula is C28H32FN3O3. The molecule has 1 aromatic carbocycles. The van der Waals surface area contributed by atoms with Crippen molar-refractivity contribution >= 4 is 18.1 Å². The summed E-state index contributed by atoms with van der Waals surface area (Å²) in [4.78, 5) is 29.1. The van der Waals surface area contributed by atoms with Crippen molar-refractivity contribution in [3.8, 4) is 11.1 Å². The fraction of sp³-hybridized carbons (Fsp3) is 0.464. The van der Waals surface area contributed by atoms with Crippen molar-refractivity contribution in [1.82, 2.24) is 15.6 Å². The molecule has 7 heteroatoms. The van der Waals surface area contributed by atoms with Crippen molar-refractivity contribution < 1.29 is 18.7 Å². The summed E-state index contributed by atoms with van der Waals surface area (Å²) in [6.07, 6.45) is 9.58. The maximum absolute atomic E-state index is 13.6. The number of hydrogen-bond donors (Lipinski definition) is 2. The monoisotopic (exact) mass is 477 g/mol. The Kier molecular flexibility index (Phi) is 6.58. The number of esters is 1. The Labute approximate surface area is 205 Å². The molecule has 1 saturated heterocycles. The summed E-state index contributed by atoms with van der Waals surface area (Å²) >= 11 is 0. The van der Waals surface area contributed by atoms with E-state index in [-0.39, 0.29) is 47.7 Å². The summed E-state index contributed by atoms with van der Waals surface area (Å²) in [6, 6.07) is 10.4. The lowest BCUT2D eigenvalue weighted by molar-refractivity contribution is -0.144. The van der Waals surface area contributed by atoms with Gasteiger partial charge in [-0.3, -0.25) is 9.78 Å². The third kappa shape index (κ3) is 4.81. The van der Waals surface area contributed by atoms with E-state index in [0.717, 1.165) is 42.5 Å². The van der Waals surface area contributed by atoms with Crippen molar-refractivity contribution in [1.29, 1.82) is 0 Å². The van der Waals surface area contributed by atoms with Crippen LogP contribution in [0.25, 0.3) is 17.2 Å². The zero-order chi connectivity index (χ0) is 24.5. The number of fused-ring (bicyclic) bond motifs is 2. The second-order valence-electron chi connectivity index (χ2n) is 10.1. The number of carbonyl (C=O) groups excluding carboxylic acids is 2. The molecule has 1 aromatic heterocycles. The van der Waals surface area contributed by atoms with Gasteiger partial charge < -0.3 is 15.4 Å². The summed E-state index contributed by atoms with van der Waals surface area (Å²) in [7, 11) is 1.63.